The van der Waals surface area contributed by atoms with Crippen LogP contribution in [0.25, 0.3) is 0 Å². The van der Waals surface area contributed by atoms with Gasteiger partial charge in [0.15, 0.2) is 11.5 Å². The van der Waals surface area contributed by atoms with E-state index in [4.69, 9.17) is 18.9 Å². The largest absolute Gasteiger partial charge is 0.503 e. The second-order valence-electron chi connectivity index (χ2n) is 9.46. The Labute approximate surface area is 219 Å². The second kappa shape index (κ2) is 13.9. The predicted molar refractivity (Wildman–Crippen MR) is 139 cm³/mol. The number of unbranched alkanes of at least 4 members (excludes halogenated alkanes) is 2. The molecule has 9 heteroatoms. The van der Waals surface area contributed by atoms with Gasteiger partial charge in [-0.1, -0.05) is 38.0 Å². The molecule has 0 unspecified atom stereocenters. The van der Waals surface area contributed by atoms with Crippen LogP contribution in [-0.2, 0) is 23.8 Å². The number of likely N-dealkylation sites (N-methyl/N-ethyl adjacent to an activating group) is 1. The molecule has 37 heavy (non-hydrogen) atoms. The van der Waals surface area contributed by atoms with Crippen LogP contribution in [0.3, 0.4) is 0 Å². The molecule has 1 fully saturated rings. The zero-order valence-electron chi connectivity index (χ0n) is 22.3. The van der Waals surface area contributed by atoms with E-state index in [-0.39, 0.29) is 23.3 Å². The maximum Gasteiger partial charge on any atom is 0.329 e. The number of benzene rings is 1. The van der Waals surface area contributed by atoms with Crippen molar-refractivity contribution in [1.29, 1.82) is 0 Å². The fourth-order valence-corrected chi connectivity index (χ4v) is 4.58. The minimum Gasteiger partial charge on any atom is -0.503 e. The van der Waals surface area contributed by atoms with E-state index in [1.165, 1.54) is 7.11 Å². The Morgan fingerprint density at radius 1 is 1.22 bits per heavy atom. The van der Waals surface area contributed by atoms with Gasteiger partial charge in [-0.3, -0.25) is 4.79 Å². The first kappa shape index (κ1) is 28.4. The van der Waals surface area contributed by atoms with Gasteiger partial charge in [-0.25, -0.2) is 4.79 Å². The number of carbonyl (C=O) groups is 2. The highest BCUT2D eigenvalue weighted by molar-refractivity contribution is 5.96. The summed E-state index contributed by atoms with van der Waals surface area (Å²) in [6.45, 7) is 4.86. The summed E-state index contributed by atoms with van der Waals surface area (Å²) in [4.78, 5) is 27.9. The molecule has 1 aromatic rings. The molecule has 3 rings (SSSR count). The number of carbonyl (C=O) groups excluding carboxylic acids is 2. The van der Waals surface area contributed by atoms with Crippen molar-refractivity contribution in [1.82, 2.24) is 10.2 Å². The summed E-state index contributed by atoms with van der Waals surface area (Å²) >= 11 is 0. The van der Waals surface area contributed by atoms with Crippen LogP contribution in [0.2, 0.25) is 0 Å². The van der Waals surface area contributed by atoms with Gasteiger partial charge in [0.25, 0.3) is 5.91 Å². The fourth-order valence-electron chi connectivity index (χ4n) is 4.58. The average Bonchev–Trinajstić information content (AvgIpc) is 2.92. The standard InChI is InChI=1S/C28H40N2O7/c1-5-6-10-18-35-26-19(2)36-28(33)21(14-11-15-23(26)37-20-12-8-7-9-13-20)29-27(32)24-25(31)22(34-4)16-17-30(24)3/h7-9,12-13,16,19,21,23,26,31H,5-6,10-11,14-15,17-18H2,1-4H3,(H,29,32)/t19-,21-,23-,26-/m0/s1. The Morgan fingerprint density at radius 3 is 2.68 bits per heavy atom. The summed E-state index contributed by atoms with van der Waals surface area (Å²) < 4.78 is 23.5. The minimum absolute atomic E-state index is 0.0440. The molecular formula is C28H40N2O7. The van der Waals surface area contributed by atoms with Crippen LogP contribution in [0, 0.1) is 0 Å². The molecule has 0 aromatic heterocycles. The topological polar surface area (TPSA) is 107 Å². The molecule has 2 aliphatic rings. The maximum atomic E-state index is 13.2. The van der Waals surface area contributed by atoms with Gasteiger partial charge in [-0.05, 0) is 50.8 Å². The SMILES string of the molecule is CCCCCO[C@H]1[C@H](C)OC(=O)[C@@H](NC(=O)C2=C(O)C(OC)=CCN2C)CCC[C@@H]1Oc1ccccc1. The Morgan fingerprint density at radius 2 is 1.97 bits per heavy atom. The van der Waals surface area contributed by atoms with Crippen LogP contribution in [0.15, 0.2) is 53.6 Å². The Bertz CT molecular complexity index is 963. The lowest BCUT2D eigenvalue weighted by molar-refractivity contribution is -0.164. The van der Waals surface area contributed by atoms with Gasteiger partial charge in [0.1, 0.15) is 35.8 Å². The van der Waals surface area contributed by atoms with Crippen molar-refractivity contribution >= 4 is 11.9 Å². The third-order valence-corrected chi connectivity index (χ3v) is 6.62. The van der Waals surface area contributed by atoms with Crippen LogP contribution < -0.4 is 10.1 Å². The quantitative estimate of drug-likeness (QED) is 0.357. The number of hydrogen-bond acceptors (Lipinski definition) is 8. The molecule has 2 N–H and O–H groups in total. The number of aliphatic hydroxyl groups excluding tert-OH is 1. The van der Waals surface area contributed by atoms with Gasteiger partial charge in [0.05, 0.1) is 7.11 Å². The number of rotatable bonds is 10. The van der Waals surface area contributed by atoms with Crippen molar-refractivity contribution in [3.63, 3.8) is 0 Å². The van der Waals surface area contributed by atoms with E-state index in [2.05, 4.69) is 12.2 Å². The number of aliphatic hydroxyl groups is 1. The molecule has 0 bridgehead atoms. The van der Waals surface area contributed by atoms with Crippen LogP contribution in [0.4, 0.5) is 0 Å². The van der Waals surface area contributed by atoms with Crippen molar-refractivity contribution in [2.75, 3.05) is 27.3 Å². The van der Waals surface area contributed by atoms with E-state index in [0.29, 0.717) is 32.4 Å². The summed E-state index contributed by atoms with van der Waals surface area (Å²) in [6.07, 6.45) is 4.92. The number of cyclic esters (lactones) is 1. The molecule has 1 amide bonds. The molecule has 4 atom stereocenters. The van der Waals surface area contributed by atoms with Gasteiger partial charge in [-0.15, -0.1) is 0 Å². The van der Waals surface area contributed by atoms with Gasteiger partial charge in [-0.2, -0.15) is 0 Å². The predicted octanol–water partition coefficient (Wildman–Crippen LogP) is 3.86. The first-order valence-electron chi connectivity index (χ1n) is 13.1. The number of esters is 1. The molecule has 204 valence electrons. The molecule has 0 saturated carbocycles. The van der Waals surface area contributed by atoms with Crippen molar-refractivity contribution in [2.45, 2.75) is 76.7 Å². The van der Waals surface area contributed by atoms with E-state index in [9.17, 15) is 14.7 Å². The molecule has 2 aliphatic heterocycles. The molecule has 1 saturated heterocycles. The zero-order valence-corrected chi connectivity index (χ0v) is 22.3. The minimum atomic E-state index is -0.878. The van der Waals surface area contributed by atoms with E-state index in [1.54, 1.807) is 24.9 Å². The maximum absolute atomic E-state index is 13.2. The zero-order chi connectivity index (χ0) is 26.8. The van der Waals surface area contributed by atoms with E-state index < -0.39 is 30.1 Å². The number of ether oxygens (including phenoxy) is 4. The monoisotopic (exact) mass is 516 g/mol. The van der Waals surface area contributed by atoms with Crippen LogP contribution in [-0.4, -0.2) is 73.5 Å². The molecular weight excluding hydrogens is 476 g/mol. The molecule has 0 spiro atoms. The van der Waals surface area contributed by atoms with Crippen molar-refractivity contribution < 1.29 is 33.6 Å². The normalized spacial score (nSPS) is 24.8. The van der Waals surface area contributed by atoms with Gasteiger partial charge in [0, 0.05) is 20.2 Å². The summed E-state index contributed by atoms with van der Waals surface area (Å²) in [7, 11) is 3.11. The smallest absolute Gasteiger partial charge is 0.329 e. The third-order valence-electron chi connectivity index (χ3n) is 6.62. The van der Waals surface area contributed by atoms with Crippen LogP contribution in [0.1, 0.15) is 52.4 Å². The first-order chi connectivity index (χ1) is 17.8. The number of nitrogens with zero attached hydrogens (tertiary/aromatic N) is 1. The molecule has 9 nitrogen and oxygen atoms in total. The summed E-state index contributed by atoms with van der Waals surface area (Å²) in [5, 5.41) is 13.3. The number of para-hydroxylation sites is 1. The first-order valence-corrected chi connectivity index (χ1v) is 13.1. The lowest BCUT2D eigenvalue weighted by Crippen LogP contribution is -2.47. The van der Waals surface area contributed by atoms with Gasteiger partial charge < -0.3 is 34.3 Å². The fraction of sp³-hybridized carbons (Fsp3) is 0.571. The van der Waals surface area contributed by atoms with Gasteiger partial charge in [0.2, 0.25) is 0 Å². The second-order valence-corrected chi connectivity index (χ2v) is 9.46. The van der Waals surface area contributed by atoms with Crippen molar-refractivity contribution in [2.24, 2.45) is 0 Å². The van der Waals surface area contributed by atoms with E-state index in [1.807, 2.05) is 30.3 Å². The van der Waals surface area contributed by atoms with E-state index in [0.717, 1.165) is 25.0 Å². The Kier molecular flexibility index (Phi) is 10.7. The highest BCUT2D eigenvalue weighted by Crippen LogP contribution is 2.25. The summed E-state index contributed by atoms with van der Waals surface area (Å²) in [5.74, 6) is -0.430. The van der Waals surface area contributed by atoms with Crippen molar-refractivity contribution in [3.05, 3.63) is 53.6 Å². The number of hydrogen-bond donors (Lipinski definition) is 2. The number of amides is 1. The highest BCUT2D eigenvalue weighted by Gasteiger charge is 2.37. The lowest BCUT2D eigenvalue weighted by Gasteiger charge is -2.31. The number of methoxy groups -OCH3 is 1. The van der Waals surface area contributed by atoms with E-state index >= 15 is 0 Å². The third kappa shape index (κ3) is 7.64. The van der Waals surface area contributed by atoms with Crippen LogP contribution >= 0.6 is 0 Å². The number of nitrogens with one attached hydrogen (secondary N) is 1. The van der Waals surface area contributed by atoms with Gasteiger partial charge >= 0.3 is 5.97 Å². The molecule has 1 aromatic carbocycles. The Hall–Kier alpha value is -3.20. The average molecular weight is 517 g/mol. The highest BCUT2D eigenvalue weighted by atomic mass is 16.6. The van der Waals surface area contributed by atoms with Crippen LogP contribution in [0.5, 0.6) is 5.75 Å². The summed E-state index contributed by atoms with van der Waals surface area (Å²) in [5.41, 5.74) is 0.0440. The molecule has 2 heterocycles. The Balaban J connectivity index is 1.76. The molecule has 0 radical (unpaired) electrons. The molecule has 0 aliphatic carbocycles. The summed E-state index contributed by atoms with van der Waals surface area (Å²) in [6, 6.07) is 8.65. The van der Waals surface area contributed by atoms with Crippen molar-refractivity contribution in [3.8, 4) is 5.75 Å². The lowest BCUT2D eigenvalue weighted by atomic mass is 10.0.